The molecule has 0 fully saturated rings. The van der Waals surface area contributed by atoms with Gasteiger partial charge < -0.3 is 0 Å². The highest BCUT2D eigenvalue weighted by molar-refractivity contribution is 6.24. The number of halogens is 3. The van der Waals surface area contributed by atoms with Gasteiger partial charge in [-0.1, -0.05) is 20.8 Å². The Morgan fingerprint density at radius 1 is 1.08 bits per heavy atom. The predicted octanol–water partition coefficient (Wildman–Crippen LogP) is 4.66. The summed E-state index contributed by atoms with van der Waals surface area (Å²) in [5, 5.41) is 0.299. The van der Waals surface area contributed by atoms with Crippen LogP contribution in [0, 0.1) is 5.41 Å². The molecule has 0 spiro atoms. The largest absolute Gasteiger partial charge is 0.127 e. The van der Waals surface area contributed by atoms with E-state index in [9.17, 15) is 0 Å². The van der Waals surface area contributed by atoms with Crippen molar-refractivity contribution in [1.29, 1.82) is 0 Å². The lowest BCUT2D eigenvalue weighted by Crippen LogP contribution is -2.17. The van der Waals surface area contributed by atoms with Crippen LogP contribution >= 0.6 is 34.8 Å². The summed E-state index contributed by atoms with van der Waals surface area (Å²) in [6.45, 7) is 6.56. The minimum absolute atomic E-state index is 0.127. The third-order valence-corrected chi connectivity index (χ3v) is 2.71. The van der Waals surface area contributed by atoms with Crippen LogP contribution in [0.3, 0.4) is 0 Å². The van der Waals surface area contributed by atoms with Gasteiger partial charge in [0.2, 0.25) is 0 Å². The molecule has 13 heavy (non-hydrogen) atoms. The highest BCUT2D eigenvalue weighted by Gasteiger charge is 2.19. The summed E-state index contributed by atoms with van der Waals surface area (Å²) in [7, 11) is 0. The molecule has 0 saturated carbocycles. The molecule has 0 bridgehead atoms. The van der Waals surface area contributed by atoms with Crippen molar-refractivity contribution in [2.45, 2.75) is 50.8 Å². The van der Waals surface area contributed by atoms with Crippen molar-refractivity contribution in [2.24, 2.45) is 5.41 Å². The van der Waals surface area contributed by atoms with E-state index in [1.165, 1.54) is 0 Å². The fourth-order valence-electron chi connectivity index (χ4n) is 1.26. The van der Waals surface area contributed by atoms with E-state index in [1.54, 1.807) is 0 Å². The summed E-state index contributed by atoms with van der Waals surface area (Å²) in [4.78, 5) is 0. The van der Waals surface area contributed by atoms with Crippen LogP contribution in [0.5, 0.6) is 0 Å². The highest BCUT2D eigenvalue weighted by atomic mass is 35.5. The van der Waals surface area contributed by atoms with Crippen LogP contribution in [0.2, 0.25) is 0 Å². The molecule has 0 aromatic carbocycles. The summed E-state index contributed by atoms with van der Waals surface area (Å²) in [5.74, 6) is 0.618. The molecule has 0 radical (unpaired) electrons. The average molecular weight is 246 g/mol. The van der Waals surface area contributed by atoms with Crippen molar-refractivity contribution in [3.63, 3.8) is 0 Å². The second-order valence-corrected chi connectivity index (χ2v) is 6.29. The predicted molar refractivity (Wildman–Crippen MR) is 63.3 cm³/mol. The molecule has 0 heterocycles. The molecule has 0 nitrogen and oxygen atoms in total. The molecule has 0 amide bonds. The van der Waals surface area contributed by atoms with Gasteiger partial charge >= 0.3 is 0 Å². The average Bonchev–Trinajstić information content (AvgIpc) is 1.81. The normalized spacial score (nSPS) is 17.1. The van der Waals surface area contributed by atoms with Crippen molar-refractivity contribution in [3.05, 3.63) is 0 Å². The van der Waals surface area contributed by atoms with Crippen molar-refractivity contribution in [2.75, 3.05) is 5.88 Å². The molecule has 0 aliphatic heterocycles. The van der Waals surface area contributed by atoms with Gasteiger partial charge in [-0.25, -0.2) is 0 Å². The zero-order valence-electron chi connectivity index (χ0n) is 8.62. The van der Waals surface area contributed by atoms with E-state index in [4.69, 9.17) is 34.8 Å². The second kappa shape index (κ2) is 6.37. The van der Waals surface area contributed by atoms with Gasteiger partial charge in [0.1, 0.15) is 0 Å². The third-order valence-electron chi connectivity index (χ3n) is 1.77. The Morgan fingerprint density at radius 2 is 1.62 bits per heavy atom. The smallest absolute Gasteiger partial charge is 0.0361 e. The Hall–Kier alpha value is 0.870. The molecule has 0 saturated heterocycles. The van der Waals surface area contributed by atoms with Crippen LogP contribution in [-0.2, 0) is 0 Å². The van der Waals surface area contributed by atoms with E-state index in [2.05, 4.69) is 20.8 Å². The molecule has 0 N–H and O–H groups in total. The summed E-state index contributed by atoms with van der Waals surface area (Å²) < 4.78 is 0. The number of rotatable bonds is 5. The Morgan fingerprint density at radius 3 is 2.00 bits per heavy atom. The monoisotopic (exact) mass is 244 g/mol. The van der Waals surface area contributed by atoms with Crippen molar-refractivity contribution < 1.29 is 0 Å². The van der Waals surface area contributed by atoms with Crippen LogP contribution in [0.1, 0.15) is 40.0 Å². The first-order chi connectivity index (χ1) is 5.85. The van der Waals surface area contributed by atoms with Crippen molar-refractivity contribution >= 4 is 34.8 Å². The molecule has 2 atom stereocenters. The zero-order chi connectivity index (χ0) is 10.5. The van der Waals surface area contributed by atoms with Gasteiger partial charge in [0, 0.05) is 16.6 Å². The summed E-state index contributed by atoms with van der Waals surface area (Å²) in [5.41, 5.74) is 0.282. The Balaban J connectivity index is 3.67. The van der Waals surface area contributed by atoms with Crippen molar-refractivity contribution in [3.8, 4) is 0 Å². The van der Waals surface area contributed by atoms with Crippen LogP contribution in [0.25, 0.3) is 0 Å². The molecule has 0 aromatic heterocycles. The van der Waals surface area contributed by atoms with E-state index in [-0.39, 0.29) is 16.2 Å². The van der Waals surface area contributed by atoms with Crippen molar-refractivity contribution in [1.82, 2.24) is 0 Å². The lowest BCUT2D eigenvalue weighted by atomic mass is 9.89. The first-order valence-corrected chi connectivity index (χ1v) is 6.10. The standard InChI is InChI=1S/C10H19Cl3/c1-10(2,3)7-9(13)6-8(12)4-5-11/h8-9H,4-7H2,1-3H3. The minimum atomic E-state index is 0.127. The Kier molecular flexibility index (Phi) is 6.80. The fraction of sp³-hybridized carbons (Fsp3) is 1.00. The van der Waals surface area contributed by atoms with Crippen LogP contribution in [-0.4, -0.2) is 16.6 Å². The Labute approximate surface area is 96.9 Å². The molecular formula is C10H19Cl3. The number of hydrogen-bond acceptors (Lipinski definition) is 0. The molecular weight excluding hydrogens is 226 g/mol. The van der Waals surface area contributed by atoms with Gasteiger partial charge in [0.05, 0.1) is 0 Å². The first kappa shape index (κ1) is 13.9. The molecule has 0 rings (SSSR count). The molecule has 80 valence electrons. The third kappa shape index (κ3) is 9.18. The SMILES string of the molecule is CC(C)(C)CC(Cl)CC(Cl)CCCl. The molecule has 2 unspecified atom stereocenters. The minimum Gasteiger partial charge on any atom is -0.127 e. The fourth-order valence-corrected chi connectivity index (χ4v) is 2.73. The van der Waals surface area contributed by atoms with Gasteiger partial charge in [0.25, 0.3) is 0 Å². The number of hydrogen-bond donors (Lipinski definition) is 0. The molecule has 0 aliphatic carbocycles. The maximum atomic E-state index is 6.17. The van der Waals surface area contributed by atoms with Crippen LogP contribution in [0.15, 0.2) is 0 Å². The van der Waals surface area contributed by atoms with E-state index in [0.717, 1.165) is 19.3 Å². The summed E-state index contributed by atoms with van der Waals surface area (Å²) in [6.07, 6.45) is 2.70. The molecule has 0 aromatic rings. The maximum Gasteiger partial charge on any atom is 0.0361 e. The van der Waals surface area contributed by atoms with Crippen LogP contribution < -0.4 is 0 Å². The second-order valence-electron chi connectivity index (χ2n) is 4.67. The molecule has 0 aliphatic rings. The highest BCUT2D eigenvalue weighted by Crippen LogP contribution is 2.27. The summed E-state index contributed by atoms with van der Waals surface area (Å²) in [6, 6.07) is 0. The van der Waals surface area contributed by atoms with Gasteiger partial charge in [-0.3, -0.25) is 0 Å². The van der Waals surface area contributed by atoms with Gasteiger partial charge in [0.15, 0.2) is 0 Å². The number of alkyl halides is 3. The quantitative estimate of drug-likeness (QED) is 0.618. The van der Waals surface area contributed by atoms with E-state index in [0.29, 0.717) is 5.88 Å². The Bertz CT molecular complexity index is 129. The lowest BCUT2D eigenvalue weighted by Gasteiger charge is -2.22. The van der Waals surface area contributed by atoms with Gasteiger partial charge in [-0.05, 0) is 24.7 Å². The zero-order valence-corrected chi connectivity index (χ0v) is 10.9. The topological polar surface area (TPSA) is 0 Å². The maximum absolute atomic E-state index is 6.17. The molecule has 3 heteroatoms. The van der Waals surface area contributed by atoms with E-state index in [1.807, 2.05) is 0 Å². The van der Waals surface area contributed by atoms with Gasteiger partial charge in [-0.15, -0.1) is 34.8 Å². The van der Waals surface area contributed by atoms with Gasteiger partial charge in [-0.2, -0.15) is 0 Å². The summed E-state index contributed by atoms with van der Waals surface area (Å²) >= 11 is 17.8. The van der Waals surface area contributed by atoms with E-state index >= 15 is 0 Å². The van der Waals surface area contributed by atoms with E-state index < -0.39 is 0 Å². The lowest BCUT2D eigenvalue weighted by molar-refractivity contribution is 0.362. The first-order valence-electron chi connectivity index (χ1n) is 4.69. The van der Waals surface area contributed by atoms with Crippen LogP contribution in [0.4, 0.5) is 0 Å².